The van der Waals surface area contributed by atoms with Crippen LogP contribution in [0.4, 0.5) is 13.2 Å². The predicted molar refractivity (Wildman–Crippen MR) is 107 cm³/mol. The molecule has 1 amide bonds. The summed E-state index contributed by atoms with van der Waals surface area (Å²) in [6.07, 6.45) is -3.44. The van der Waals surface area contributed by atoms with Crippen LogP contribution in [0, 0.1) is 0 Å². The molecule has 1 N–H and O–H groups in total. The maximum atomic E-state index is 12.6. The largest absolute Gasteiger partial charge is 0.573 e. The van der Waals surface area contributed by atoms with Crippen molar-refractivity contribution in [3.05, 3.63) is 81.4 Å². The first-order valence-electron chi connectivity index (χ1n) is 8.25. The van der Waals surface area contributed by atoms with Gasteiger partial charge in [0.2, 0.25) is 0 Å². The van der Waals surface area contributed by atoms with Crippen molar-refractivity contribution in [1.29, 1.82) is 0 Å². The SMILES string of the molecule is O=C(NCc1ccc(Br)cc1OC(F)(F)F)c1ccc(-c2ccc(Cl)cc2)nc1. The van der Waals surface area contributed by atoms with Crippen LogP contribution in [0.1, 0.15) is 15.9 Å². The number of hydrogen-bond acceptors (Lipinski definition) is 3. The molecule has 0 atom stereocenters. The van der Waals surface area contributed by atoms with Crippen LogP contribution in [-0.2, 0) is 6.54 Å². The maximum Gasteiger partial charge on any atom is 0.573 e. The lowest BCUT2D eigenvalue weighted by atomic mass is 10.1. The van der Waals surface area contributed by atoms with E-state index in [0.29, 0.717) is 15.2 Å². The zero-order valence-electron chi connectivity index (χ0n) is 14.6. The van der Waals surface area contributed by atoms with Crippen LogP contribution in [0.25, 0.3) is 11.3 Å². The van der Waals surface area contributed by atoms with Gasteiger partial charge in [0.05, 0.1) is 11.3 Å². The van der Waals surface area contributed by atoms with E-state index in [2.05, 4.69) is 31.0 Å². The van der Waals surface area contributed by atoms with Crippen molar-refractivity contribution in [3.63, 3.8) is 0 Å². The molecule has 2 aromatic carbocycles. The Bertz CT molecular complexity index is 1010. The number of ether oxygens (including phenoxy) is 1. The van der Waals surface area contributed by atoms with Crippen LogP contribution in [0.5, 0.6) is 5.75 Å². The molecule has 0 aliphatic heterocycles. The summed E-state index contributed by atoms with van der Waals surface area (Å²) in [6, 6.07) is 14.5. The fourth-order valence-corrected chi connectivity index (χ4v) is 2.96. The minimum absolute atomic E-state index is 0.142. The molecule has 0 radical (unpaired) electrons. The Kier molecular flexibility index (Phi) is 6.44. The number of rotatable bonds is 5. The molecule has 29 heavy (non-hydrogen) atoms. The van der Waals surface area contributed by atoms with Gasteiger partial charge in [-0.2, -0.15) is 0 Å². The van der Waals surface area contributed by atoms with E-state index in [1.807, 2.05) is 0 Å². The van der Waals surface area contributed by atoms with Gasteiger partial charge in [-0.1, -0.05) is 45.7 Å². The predicted octanol–water partition coefficient (Wildman–Crippen LogP) is 5.99. The van der Waals surface area contributed by atoms with Crippen LogP contribution in [-0.4, -0.2) is 17.3 Å². The highest BCUT2D eigenvalue weighted by molar-refractivity contribution is 9.10. The van der Waals surface area contributed by atoms with Gasteiger partial charge in [-0.3, -0.25) is 9.78 Å². The summed E-state index contributed by atoms with van der Waals surface area (Å²) < 4.78 is 42.2. The normalized spacial score (nSPS) is 11.2. The minimum atomic E-state index is -4.83. The summed E-state index contributed by atoms with van der Waals surface area (Å²) in [7, 11) is 0. The Hall–Kier alpha value is -2.58. The van der Waals surface area contributed by atoms with E-state index >= 15 is 0 Å². The van der Waals surface area contributed by atoms with Gasteiger partial charge in [-0.05, 0) is 36.4 Å². The monoisotopic (exact) mass is 484 g/mol. The van der Waals surface area contributed by atoms with Crippen molar-refractivity contribution in [1.82, 2.24) is 10.3 Å². The van der Waals surface area contributed by atoms with E-state index in [4.69, 9.17) is 11.6 Å². The van der Waals surface area contributed by atoms with Gasteiger partial charge in [0.25, 0.3) is 5.91 Å². The second kappa shape index (κ2) is 8.84. The molecule has 0 aliphatic rings. The number of carbonyl (C=O) groups is 1. The molecular formula is C20H13BrClF3N2O2. The number of halogens is 5. The molecule has 4 nitrogen and oxygen atoms in total. The van der Waals surface area contributed by atoms with E-state index in [0.717, 1.165) is 5.56 Å². The van der Waals surface area contributed by atoms with Crippen molar-refractivity contribution < 1.29 is 22.7 Å². The van der Waals surface area contributed by atoms with Gasteiger partial charge >= 0.3 is 6.36 Å². The lowest BCUT2D eigenvalue weighted by molar-refractivity contribution is -0.274. The third-order valence-corrected chi connectivity index (χ3v) is 4.61. The second-order valence-electron chi connectivity index (χ2n) is 5.92. The minimum Gasteiger partial charge on any atom is -0.405 e. The van der Waals surface area contributed by atoms with Crippen molar-refractivity contribution in [3.8, 4) is 17.0 Å². The Morgan fingerprint density at radius 3 is 2.45 bits per heavy atom. The summed E-state index contributed by atoms with van der Waals surface area (Å²) in [5.74, 6) is -0.857. The molecule has 0 aliphatic carbocycles. The van der Waals surface area contributed by atoms with Crippen LogP contribution in [0.15, 0.2) is 65.3 Å². The molecule has 0 saturated carbocycles. The fourth-order valence-electron chi connectivity index (χ4n) is 2.49. The number of nitrogens with one attached hydrogen (secondary N) is 1. The molecule has 0 spiro atoms. The van der Waals surface area contributed by atoms with Crippen molar-refractivity contribution in [2.75, 3.05) is 0 Å². The Morgan fingerprint density at radius 2 is 1.83 bits per heavy atom. The van der Waals surface area contributed by atoms with Crippen LogP contribution in [0.2, 0.25) is 5.02 Å². The van der Waals surface area contributed by atoms with Gasteiger partial charge < -0.3 is 10.1 Å². The Labute approximate surface area is 177 Å². The summed E-state index contributed by atoms with van der Waals surface area (Å²) >= 11 is 8.96. The molecule has 9 heteroatoms. The Morgan fingerprint density at radius 1 is 1.10 bits per heavy atom. The number of pyridine rings is 1. The highest BCUT2D eigenvalue weighted by Crippen LogP contribution is 2.29. The number of aromatic nitrogens is 1. The zero-order valence-corrected chi connectivity index (χ0v) is 17.0. The Balaban J connectivity index is 1.69. The smallest absolute Gasteiger partial charge is 0.405 e. The highest BCUT2D eigenvalue weighted by atomic mass is 79.9. The average Bonchev–Trinajstić information content (AvgIpc) is 2.67. The van der Waals surface area contributed by atoms with E-state index in [-0.39, 0.29) is 23.4 Å². The second-order valence-corrected chi connectivity index (χ2v) is 7.27. The first-order valence-corrected chi connectivity index (χ1v) is 9.43. The summed E-state index contributed by atoms with van der Waals surface area (Å²) in [5.41, 5.74) is 1.96. The zero-order chi connectivity index (χ0) is 21.0. The average molecular weight is 486 g/mol. The third kappa shape index (κ3) is 5.95. The first-order chi connectivity index (χ1) is 13.7. The fraction of sp³-hybridized carbons (Fsp3) is 0.100. The first kappa shape index (κ1) is 21.1. The molecule has 150 valence electrons. The van der Waals surface area contributed by atoms with E-state index in [9.17, 15) is 18.0 Å². The maximum absolute atomic E-state index is 12.6. The molecule has 3 aromatic rings. The standard InChI is InChI=1S/C20H13BrClF3N2O2/c21-15-5-1-13(18(9-15)29-20(23,24)25)10-27-19(28)14-4-8-17(26-11-14)12-2-6-16(22)7-3-12/h1-9,11H,10H2,(H,27,28). The van der Waals surface area contributed by atoms with Gasteiger partial charge in [0.1, 0.15) is 5.75 Å². The lowest BCUT2D eigenvalue weighted by Crippen LogP contribution is -2.24. The topological polar surface area (TPSA) is 51.2 Å². The van der Waals surface area contributed by atoms with Crippen molar-refractivity contribution in [2.45, 2.75) is 12.9 Å². The molecule has 0 fully saturated rings. The summed E-state index contributed by atoms with van der Waals surface area (Å²) in [5, 5.41) is 3.17. The molecule has 1 aromatic heterocycles. The molecular weight excluding hydrogens is 473 g/mol. The van der Waals surface area contributed by atoms with Crippen LogP contribution >= 0.6 is 27.5 Å². The molecule has 0 bridgehead atoms. The number of nitrogens with zero attached hydrogens (tertiary/aromatic N) is 1. The van der Waals surface area contributed by atoms with Gasteiger partial charge in [0, 0.05) is 33.4 Å². The molecule has 0 unspecified atom stereocenters. The van der Waals surface area contributed by atoms with Crippen molar-refractivity contribution in [2.24, 2.45) is 0 Å². The van der Waals surface area contributed by atoms with E-state index < -0.39 is 12.3 Å². The molecule has 0 saturated heterocycles. The quantitative estimate of drug-likeness (QED) is 0.483. The lowest BCUT2D eigenvalue weighted by Gasteiger charge is -2.14. The molecule has 3 rings (SSSR count). The third-order valence-electron chi connectivity index (χ3n) is 3.86. The number of alkyl halides is 3. The molecule has 1 heterocycles. The van der Waals surface area contributed by atoms with Crippen molar-refractivity contribution >= 4 is 33.4 Å². The van der Waals surface area contributed by atoms with Crippen LogP contribution < -0.4 is 10.1 Å². The number of hydrogen-bond donors (Lipinski definition) is 1. The number of carbonyl (C=O) groups excluding carboxylic acids is 1. The van der Waals surface area contributed by atoms with Gasteiger partial charge in [-0.15, -0.1) is 13.2 Å². The summed E-state index contributed by atoms with van der Waals surface area (Å²) in [4.78, 5) is 16.6. The van der Waals surface area contributed by atoms with E-state index in [1.165, 1.54) is 18.3 Å². The number of amides is 1. The van der Waals surface area contributed by atoms with E-state index in [1.54, 1.807) is 42.5 Å². The van der Waals surface area contributed by atoms with Gasteiger partial charge in [0.15, 0.2) is 0 Å². The summed E-state index contributed by atoms with van der Waals surface area (Å²) in [6.45, 7) is -0.142. The van der Waals surface area contributed by atoms with Crippen LogP contribution in [0.3, 0.4) is 0 Å². The van der Waals surface area contributed by atoms with Gasteiger partial charge in [-0.25, -0.2) is 0 Å². The highest BCUT2D eigenvalue weighted by Gasteiger charge is 2.32. The number of benzene rings is 2.